The molecule has 0 spiro atoms. The SMILES string of the molecule is O=NC(CC1c2ccccc2-c2cncn21)C1CCN(C(=O)Cc2ccccc2)CC1. The van der Waals surface area contributed by atoms with Crippen molar-refractivity contribution in [2.45, 2.75) is 37.8 Å². The van der Waals surface area contributed by atoms with Crippen LogP contribution < -0.4 is 0 Å². The predicted octanol–water partition coefficient (Wildman–Crippen LogP) is 4.46. The van der Waals surface area contributed by atoms with E-state index >= 15 is 0 Å². The maximum absolute atomic E-state index is 12.7. The van der Waals surface area contributed by atoms with Crippen molar-refractivity contribution in [3.8, 4) is 11.3 Å². The fourth-order valence-electron chi connectivity index (χ4n) is 5.14. The van der Waals surface area contributed by atoms with Crippen LogP contribution in [-0.2, 0) is 11.2 Å². The molecule has 0 radical (unpaired) electrons. The Morgan fingerprint density at radius 2 is 1.81 bits per heavy atom. The van der Waals surface area contributed by atoms with E-state index in [-0.39, 0.29) is 23.9 Å². The van der Waals surface area contributed by atoms with E-state index < -0.39 is 0 Å². The maximum Gasteiger partial charge on any atom is 0.226 e. The molecule has 0 aliphatic carbocycles. The number of piperidine rings is 1. The number of imidazole rings is 1. The summed E-state index contributed by atoms with van der Waals surface area (Å²) in [7, 11) is 0. The smallest absolute Gasteiger partial charge is 0.226 e. The Morgan fingerprint density at radius 3 is 2.58 bits per heavy atom. The van der Waals surface area contributed by atoms with Gasteiger partial charge in [0.1, 0.15) is 0 Å². The van der Waals surface area contributed by atoms with Gasteiger partial charge >= 0.3 is 0 Å². The number of nitrogens with zero attached hydrogens (tertiary/aromatic N) is 4. The summed E-state index contributed by atoms with van der Waals surface area (Å²) in [5.74, 6) is 0.367. The second-order valence-electron chi connectivity index (χ2n) is 8.58. The molecular weight excluding hydrogens is 388 g/mol. The Bertz CT molecular complexity index is 1070. The highest BCUT2D eigenvalue weighted by molar-refractivity contribution is 5.78. The van der Waals surface area contributed by atoms with Crippen LogP contribution in [0.1, 0.15) is 36.4 Å². The zero-order valence-corrected chi connectivity index (χ0v) is 17.4. The Morgan fingerprint density at radius 1 is 1.06 bits per heavy atom. The van der Waals surface area contributed by atoms with Crippen molar-refractivity contribution in [3.05, 3.63) is 83.2 Å². The zero-order valence-electron chi connectivity index (χ0n) is 17.4. The fourth-order valence-corrected chi connectivity index (χ4v) is 5.14. The van der Waals surface area contributed by atoms with Gasteiger partial charge in [-0.05, 0) is 36.3 Å². The summed E-state index contributed by atoms with van der Waals surface area (Å²) in [5, 5.41) is 3.56. The number of hydrogen-bond acceptors (Lipinski definition) is 4. The van der Waals surface area contributed by atoms with E-state index in [1.165, 1.54) is 11.1 Å². The minimum Gasteiger partial charge on any atom is -0.342 e. The molecule has 6 nitrogen and oxygen atoms in total. The number of hydrogen-bond donors (Lipinski definition) is 0. The zero-order chi connectivity index (χ0) is 21.2. The van der Waals surface area contributed by atoms with Gasteiger partial charge in [0.25, 0.3) is 0 Å². The molecule has 6 heteroatoms. The van der Waals surface area contributed by atoms with Gasteiger partial charge in [0.2, 0.25) is 5.91 Å². The predicted molar refractivity (Wildman–Crippen MR) is 119 cm³/mol. The number of likely N-dealkylation sites (tertiary alicyclic amines) is 1. The number of benzene rings is 2. The fraction of sp³-hybridized carbons (Fsp3) is 0.360. The van der Waals surface area contributed by atoms with Gasteiger partial charge < -0.3 is 9.47 Å². The molecule has 0 saturated carbocycles. The van der Waals surface area contributed by atoms with E-state index in [1.807, 2.05) is 59.9 Å². The van der Waals surface area contributed by atoms with E-state index in [2.05, 4.69) is 26.9 Å². The van der Waals surface area contributed by atoms with Crippen LogP contribution in [0.4, 0.5) is 0 Å². The molecule has 31 heavy (non-hydrogen) atoms. The summed E-state index contributed by atoms with van der Waals surface area (Å²) in [6, 6.07) is 18.0. The summed E-state index contributed by atoms with van der Waals surface area (Å²) in [6.07, 6.45) is 6.49. The van der Waals surface area contributed by atoms with Gasteiger partial charge in [-0.3, -0.25) is 4.79 Å². The first kappa shape index (κ1) is 19.7. The molecule has 158 valence electrons. The average Bonchev–Trinajstić information content (AvgIpc) is 3.40. The molecule has 3 aromatic rings. The highest BCUT2D eigenvalue weighted by Gasteiger charge is 2.35. The van der Waals surface area contributed by atoms with E-state index in [0.717, 1.165) is 24.1 Å². The minimum absolute atomic E-state index is 0.0918. The summed E-state index contributed by atoms with van der Waals surface area (Å²) >= 11 is 0. The van der Waals surface area contributed by atoms with Gasteiger partial charge in [0.15, 0.2) is 0 Å². The lowest BCUT2D eigenvalue weighted by Crippen LogP contribution is -2.41. The van der Waals surface area contributed by atoms with Gasteiger partial charge in [-0.2, -0.15) is 4.91 Å². The molecule has 1 amide bonds. The van der Waals surface area contributed by atoms with Crippen molar-refractivity contribution in [1.29, 1.82) is 0 Å². The van der Waals surface area contributed by atoms with E-state index in [0.29, 0.717) is 25.9 Å². The quantitative estimate of drug-likeness (QED) is 0.559. The number of carbonyl (C=O) groups is 1. The van der Waals surface area contributed by atoms with E-state index in [4.69, 9.17) is 0 Å². The van der Waals surface area contributed by atoms with Gasteiger partial charge in [0.05, 0.1) is 36.7 Å². The normalized spacial score (nSPS) is 19.0. The Kier molecular flexibility index (Phi) is 5.37. The second kappa shape index (κ2) is 8.46. The van der Waals surface area contributed by atoms with Crippen molar-refractivity contribution in [2.75, 3.05) is 13.1 Å². The van der Waals surface area contributed by atoms with Crippen molar-refractivity contribution in [1.82, 2.24) is 14.5 Å². The molecular formula is C25H26N4O2. The molecule has 3 heterocycles. The van der Waals surface area contributed by atoms with Crippen LogP contribution in [0.2, 0.25) is 0 Å². The van der Waals surface area contributed by atoms with E-state index in [9.17, 15) is 9.70 Å². The second-order valence-corrected chi connectivity index (χ2v) is 8.58. The number of fused-ring (bicyclic) bond motifs is 3. The van der Waals surface area contributed by atoms with Crippen LogP contribution in [0.5, 0.6) is 0 Å². The minimum atomic E-state index is -0.266. The van der Waals surface area contributed by atoms with Gasteiger partial charge in [-0.25, -0.2) is 4.98 Å². The number of rotatable bonds is 6. The highest BCUT2D eigenvalue weighted by Crippen LogP contribution is 2.42. The van der Waals surface area contributed by atoms with Crippen molar-refractivity contribution < 1.29 is 4.79 Å². The van der Waals surface area contributed by atoms with Crippen molar-refractivity contribution in [3.63, 3.8) is 0 Å². The third kappa shape index (κ3) is 3.78. The van der Waals surface area contributed by atoms with Gasteiger partial charge in [0, 0.05) is 18.7 Å². The number of aromatic nitrogens is 2. The molecule has 2 atom stereocenters. The molecule has 1 aromatic heterocycles. The number of carbonyl (C=O) groups excluding carboxylic acids is 1. The van der Waals surface area contributed by atoms with Crippen molar-refractivity contribution in [2.24, 2.45) is 11.1 Å². The Balaban J connectivity index is 1.23. The standard InChI is InChI=1S/C25H26N4O2/c30-25(14-18-6-2-1-3-7-18)28-12-10-19(11-13-28)22(27-31)15-23-20-8-4-5-9-21(20)24-16-26-17-29(23)24/h1-9,16-17,19,22-23H,10-15H2. The van der Waals surface area contributed by atoms with E-state index in [1.54, 1.807) is 0 Å². The van der Waals surface area contributed by atoms with Crippen LogP contribution in [0.3, 0.4) is 0 Å². The van der Waals surface area contributed by atoms with Crippen LogP contribution >= 0.6 is 0 Å². The largest absolute Gasteiger partial charge is 0.342 e. The van der Waals surface area contributed by atoms with Crippen LogP contribution in [0.15, 0.2) is 72.3 Å². The summed E-state index contributed by atoms with van der Waals surface area (Å²) in [4.78, 5) is 30.8. The molecule has 5 rings (SSSR count). The monoisotopic (exact) mass is 414 g/mol. The molecule has 2 unspecified atom stereocenters. The van der Waals surface area contributed by atoms with Crippen LogP contribution in [0.25, 0.3) is 11.3 Å². The Hall–Kier alpha value is -3.28. The summed E-state index contributed by atoms with van der Waals surface area (Å²) in [5.41, 5.74) is 4.57. The lowest BCUT2D eigenvalue weighted by Gasteiger charge is -2.34. The van der Waals surface area contributed by atoms with Crippen LogP contribution in [-0.4, -0.2) is 39.5 Å². The molecule has 1 fully saturated rings. The third-order valence-corrected chi connectivity index (χ3v) is 6.83. The summed E-state index contributed by atoms with van der Waals surface area (Å²) in [6.45, 7) is 1.39. The molecule has 0 bridgehead atoms. The number of nitroso groups, excluding NO2 is 1. The first-order valence-corrected chi connectivity index (χ1v) is 11.0. The third-order valence-electron chi connectivity index (χ3n) is 6.83. The average molecular weight is 415 g/mol. The number of amides is 1. The van der Waals surface area contributed by atoms with Crippen molar-refractivity contribution >= 4 is 5.91 Å². The molecule has 2 aliphatic heterocycles. The first-order chi connectivity index (χ1) is 15.2. The van der Waals surface area contributed by atoms with Crippen LogP contribution in [0, 0.1) is 10.8 Å². The highest BCUT2D eigenvalue weighted by atomic mass is 16.3. The topological polar surface area (TPSA) is 67.6 Å². The maximum atomic E-state index is 12.7. The molecule has 2 aliphatic rings. The lowest BCUT2D eigenvalue weighted by molar-refractivity contribution is -0.131. The van der Waals surface area contributed by atoms with Gasteiger partial charge in [-0.15, -0.1) is 0 Å². The Labute approximate surface area is 181 Å². The molecule has 2 aromatic carbocycles. The lowest BCUT2D eigenvalue weighted by atomic mass is 9.85. The summed E-state index contributed by atoms with van der Waals surface area (Å²) < 4.78 is 2.17. The first-order valence-electron chi connectivity index (χ1n) is 11.0. The molecule has 1 saturated heterocycles. The van der Waals surface area contributed by atoms with Gasteiger partial charge in [-0.1, -0.05) is 59.8 Å². The molecule has 0 N–H and O–H groups in total.